The van der Waals surface area contributed by atoms with Crippen molar-refractivity contribution in [3.05, 3.63) is 5.82 Å². The number of nitrogens with two attached hydrogens (primary N) is 1. The average molecular weight is 191 g/mol. The van der Waals surface area contributed by atoms with Crippen LogP contribution >= 0.6 is 0 Å². The summed E-state index contributed by atoms with van der Waals surface area (Å²) in [4.78, 5) is 0. The SMILES string of the molecule is CC(F)(F)Cn1nnnc1CCN. The molecule has 0 saturated heterocycles. The molecular weight excluding hydrogens is 180 g/mol. The topological polar surface area (TPSA) is 69.6 Å². The molecule has 1 heterocycles. The minimum Gasteiger partial charge on any atom is -0.330 e. The van der Waals surface area contributed by atoms with Crippen molar-refractivity contribution in [2.75, 3.05) is 6.54 Å². The smallest absolute Gasteiger partial charge is 0.264 e. The molecular formula is C6H11F2N5. The molecule has 0 aromatic carbocycles. The Balaban J connectivity index is 2.70. The van der Waals surface area contributed by atoms with Crippen LogP contribution in [0.15, 0.2) is 0 Å². The highest BCUT2D eigenvalue weighted by molar-refractivity contribution is 4.82. The van der Waals surface area contributed by atoms with Crippen LogP contribution in [0.3, 0.4) is 0 Å². The van der Waals surface area contributed by atoms with Crippen molar-refractivity contribution in [1.29, 1.82) is 0 Å². The van der Waals surface area contributed by atoms with Gasteiger partial charge in [-0.05, 0) is 17.0 Å². The quantitative estimate of drug-likeness (QED) is 0.717. The molecule has 74 valence electrons. The molecule has 5 nitrogen and oxygen atoms in total. The number of rotatable bonds is 4. The second-order valence-corrected chi connectivity index (χ2v) is 2.86. The normalized spacial score (nSPS) is 12.0. The minimum absolute atomic E-state index is 0.343. The van der Waals surface area contributed by atoms with Crippen molar-refractivity contribution in [3.8, 4) is 0 Å². The van der Waals surface area contributed by atoms with Gasteiger partial charge < -0.3 is 5.73 Å². The summed E-state index contributed by atoms with van der Waals surface area (Å²) in [5, 5.41) is 10.3. The molecule has 0 atom stereocenters. The summed E-state index contributed by atoms with van der Waals surface area (Å²) < 4.78 is 26.2. The first-order chi connectivity index (χ1) is 6.03. The van der Waals surface area contributed by atoms with E-state index < -0.39 is 12.5 Å². The Morgan fingerprint density at radius 1 is 1.54 bits per heavy atom. The zero-order chi connectivity index (χ0) is 9.90. The van der Waals surface area contributed by atoms with Crippen LogP contribution in [-0.2, 0) is 13.0 Å². The highest BCUT2D eigenvalue weighted by atomic mass is 19.3. The van der Waals surface area contributed by atoms with E-state index in [1.165, 1.54) is 0 Å². The Morgan fingerprint density at radius 2 is 2.23 bits per heavy atom. The number of alkyl halides is 2. The molecule has 2 N–H and O–H groups in total. The second-order valence-electron chi connectivity index (χ2n) is 2.86. The van der Waals surface area contributed by atoms with E-state index in [1.54, 1.807) is 0 Å². The van der Waals surface area contributed by atoms with Gasteiger partial charge in [0.1, 0.15) is 6.54 Å². The molecule has 0 spiro atoms. The lowest BCUT2D eigenvalue weighted by Crippen LogP contribution is -2.23. The summed E-state index contributed by atoms with van der Waals surface area (Å²) in [5.41, 5.74) is 5.26. The van der Waals surface area contributed by atoms with E-state index in [-0.39, 0.29) is 0 Å². The maximum absolute atomic E-state index is 12.6. The van der Waals surface area contributed by atoms with Crippen LogP contribution in [0.1, 0.15) is 12.7 Å². The van der Waals surface area contributed by atoms with E-state index in [2.05, 4.69) is 15.5 Å². The Labute approximate surface area is 73.9 Å². The summed E-state index contributed by atoms with van der Waals surface area (Å²) in [5.74, 6) is -2.41. The highest BCUT2D eigenvalue weighted by Crippen LogP contribution is 2.14. The largest absolute Gasteiger partial charge is 0.330 e. The molecule has 0 amide bonds. The third-order valence-corrected chi connectivity index (χ3v) is 1.40. The maximum Gasteiger partial charge on any atom is 0.264 e. The summed E-state index contributed by atoms with van der Waals surface area (Å²) >= 11 is 0. The van der Waals surface area contributed by atoms with Crippen LogP contribution in [0, 0.1) is 0 Å². The van der Waals surface area contributed by atoms with Crippen LogP contribution in [0.4, 0.5) is 8.78 Å². The Bertz CT molecular complexity index is 266. The molecule has 0 aliphatic rings. The van der Waals surface area contributed by atoms with E-state index in [0.717, 1.165) is 11.6 Å². The van der Waals surface area contributed by atoms with Crippen LogP contribution < -0.4 is 5.73 Å². The van der Waals surface area contributed by atoms with Crippen molar-refractivity contribution in [2.45, 2.75) is 25.8 Å². The van der Waals surface area contributed by atoms with Crippen molar-refractivity contribution in [1.82, 2.24) is 20.2 Å². The molecule has 0 unspecified atom stereocenters. The molecule has 0 saturated carbocycles. The van der Waals surface area contributed by atoms with Crippen LogP contribution in [0.25, 0.3) is 0 Å². The lowest BCUT2D eigenvalue weighted by Gasteiger charge is -2.10. The lowest BCUT2D eigenvalue weighted by atomic mass is 10.3. The van der Waals surface area contributed by atoms with E-state index in [9.17, 15) is 8.78 Å². The standard InChI is InChI=1S/C6H11F2N5/c1-6(7,8)4-13-5(2-3-9)10-11-12-13/h2-4,9H2,1H3. The predicted molar refractivity (Wildman–Crippen MR) is 41.2 cm³/mol. The number of nitrogens with zero attached hydrogens (tertiary/aromatic N) is 4. The molecule has 1 aromatic rings. The predicted octanol–water partition coefficient (Wildman–Crippen LogP) is -0.170. The fourth-order valence-corrected chi connectivity index (χ4v) is 0.917. The van der Waals surface area contributed by atoms with Gasteiger partial charge in [-0.15, -0.1) is 5.10 Å². The lowest BCUT2D eigenvalue weighted by molar-refractivity contribution is -0.000743. The molecule has 1 rings (SSSR count). The third kappa shape index (κ3) is 3.02. The number of halogens is 2. The van der Waals surface area contributed by atoms with Gasteiger partial charge in [0.2, 0.25) is 0 Å². The Kier molecular flexibility index (Phi) is 2.86. The molecule has 0 radical (unpaired) electrons. The van der Waals surface area contributed by atoms with Crippen molar-refractivity contribution in [3.63, 3.8) is 0 Å². The van der Waals surface area contributed by atoms with Gasteiger partial charge in [0.25, 0.3) is 5.92 Å². The first-order valence-corrected chi connectivity index (χ1v) is 3.86. The number of aromatic nitrogens is 4. The van der Waals surface area contributed by atoms with E-state index in [1.807, 2.05) is 0 Å². The summed E-state index contributed by atoms with van der Waals surface area (Å²) in [6.45, 7) is 0.659. The van der Waals surface area contributed by atoms with Gasteiger partial charge >= 0.3 is 0 Å². The minimum atomic E-state index is -2.81. The van der Waals surface area contributed by atoms with Crippen LogP contribution in [0.2, 0.25) is 0 Å². The zero-order valence-electron chi connectivity index (χ0n) is 7.24. The van der Waals surface area contributed by atoms with Crippen molar-refractivity contribution < 1.29 is 8.78 Å². The molecule has 7 heteroatoms. The first kappa shape index (κ1) is 9.97. The molecule has 13 heavy (non-hydrogen) atoms. The fraction of sp³-hybridized carbons (Fsp3) is 0.833. The van der Waals surface area contributed by atoms with Gasteiger partial charge in [-0.2, -0.15) is 0 Å². The maximum atomic E-state index is 12.6. The monoisotopic (exact) mass is 191 g/mol. The second kappa shape index (κ2) is 3.73. The molecule has 0 fully saturated rings. The van der Waals surface area contributed by atoms with Gasteiger partial charge in [0.15, 0.2) is 5.82 Å². The van der Waals surface area contributed by atoms with E-state index in [4.69, 9.17) is 5.73 Å². The summed E-state index contributed by atoms with van der Waals surface area (Å²) in [7, 11) is 0. The fourth-order valence-electron chi connectivity index (χ4n) is 0.917. The van der Waals surface area contributed by atoms with Crippen LogP contribution in [0.5, 0.6) is 0 Å². The Hall–Kier alpha value is -1.11. The van der Waals surface area contributed by atoms with Gasteiger partial charge in [-0.1, -0.05) is 0 Å². The summed E-state index contributed by atoms with van der Waals surface area (Å²) in [6, 6.07) is 0. The molecule has 0 aliphatic carbocycles. The molecule has 0 bridgehead atoms. The van der Waals surface area contributed by atoms with E-state index >= 15 is 0 Å². The van der Waals surface area contributed by atoms with E-state index in [0.29, 0.717) is 18.8 Å². The summed E-state index contributed by atoms with van der Waals surface area (Å²) in [6.07, 6.45) is 0.406. The molecule has 0 aliphatic heterocycles. The number of hydrogen-bond donors (Lipinski definition) is 1. The van der Waals surface area contributed by atoms with Crippen molar-refractivity contribution >= 4 is 0 Å². The van der Waals surface area contributed by atoms with Gasteiger partial charge in [0, 0.05) is 13.3 Å². The van der Waals surface area contributed by atoms with Gasteiger partial charge in [-0.3, -0.25) is 0 Å². The molecule has 1 aromatic heterocycles. The first-order valence-electron chi connectivity index (χ1n) is 3.86. The van der Waals surface area contributed by atoms with Crippen molar-refractivity contribution in [2.24, 2.45) is 5.73 Å². The van der Waals surface area contributed by atoms with Gasteiger partial charge in [0.05, 0.1) is 0 Å². The van der Waals surface area contributed by atoms with Crippen LogP contribution in [-0.4, -0.2) is 32.7 Å². The number of tetrazole rings is 1. The highest BCUT2D eigenvalue weighted by Gasteiger charge is 2.24. The average Bonchev–Trinajstić information content (AvgIpc) is 2.34. The Morgan fingerprint density at radius 3 is 2.77 bits per heavy atom. The number of hydrogen-bond acceptors (Lipinski definition) is 4. The third-order valence-electron chi connectivity index (χ3n) is 1.40. The van der Waals surface area contributed by atoms with Gasteiger partial charge in [-0.25, -0.2) is 13.5 Å². The zero-order valence-corrected chi connectivity index (χ0v) is 7.24.